The van der Waals surface area contributed by atoms with E-state index < -0.39 is 29.6 Å². The third-order valence-electron chi connectivity index (χ3n) is 4.24. The van der Waals surface area contributed by atoms with E-state index in [0.29, 0.717) is 10.4 Å². The first-order valence-corrected chi connectivity index (χ1v) is 9.82. The molecule has 31 heavy (non-hydrogen) atoms. The van der Waals surface area contributed by atoms with Crippen LogP contribution in [0.4, 0.5) is 18.9 Å². The molecule has 1 unspecified atom stereocenters. The Morgan fingerprint density at radius 1 is 1.06 bits per heavy atom. The first-order valence-electron chi connectivity index (χ1n) is 8.94. The second kappa shape index (κ2) is 9.41. The molecule has 1 aromatic heterocycles. The molecule has 2 aromatic carbocycles. The smallest absolute Gasteiger partial charge is 0.284 e. The highest BCUT2D eigenvalue weighted by Crippen LogP contribution is 2.35. The fourth-order valence-corrected chi connectivity index (χ4v) is 3.65. The summed E-state index contributed by atoms with van der Waals surface area (Å²) < 4.78 is 39.7. The number of aliphatic imine (C=N–C) groups is 1. The van der Waals surface area contributed by atoms with Gasteiger partial charge in [0, 0.05) is 16.8 Å². The van der Waals surface area contributed by atoms with E-state index >= 15 is 0 Å². The number of carbonyl (C=O) groups is 2. The van der Waals surface area contributed by atoms with Gasteiger partial charge in [-0.25, -0.2) is 4.99 Å². The minimum atomic E-state index is -4.63. The molecule has 1 atom stereocenters. The highest BCUT2D eigenvalue weighted by atomic mass is 32.1. The Bertz CT molecular complexity index is 1130. The first kappa shape index (κ1) is 22.0. The lowest BCUT2D eigenvalue weighted by molar-refractivity contribution is -0.137. The van der Waals surface area contributed by atoms with Crippen molar-refractivity contribution in [3.8, 4) is 12.3 Å². The van der Waals surface area contributed by atoms with E-state index in [0.717, 1.165) is 34.4 Å². The molecule has 0 aliphatic rings. The number of amides is 2. The Kier molecular flexibility index (Phi) is 6.68. The minimum Gasteiger partial charge on any atom is -0.284 e. The van der Waals surface area contributed by atoms with Crippen LogP contribution in [0, 0.1) is 12.3 Å². The maximum atomic E-state index is 13.2. The number of nitrogens with zero attached hydrogens (tertiary/aromatic N) is 2. The van der Waals surface area contributed by atoms with Crippen LogP contribution in [-0.4, -0.2) is 18.0 Å². The van der Waals surface area contributed by atoms with Gasteiger partial charge in [0.1, 0.15) is 0 Å². The second-order valence-electron chi connectivity index (χ2n) is 6.29. The highest BCUT2D eigenvalue weighted by Gasteiger charge is 2.35. The molecule has 0 aliphatic carbocycles. The van der Waals surface area contributed by atoms with Crippen molar-refractivity contribution in [2.45, 2.75) is 12.2 Å². The molecule has 156 valence electrons. The standard InChI is InChI=1S/C23H15F3N2O2S/c1-2-20(29)28(18-11-6-10-17(14-18)23(24,25)26)21(19-12-7-13-31-19)22(30)27-15-16-8-4-3-5-9-16/h1,3-15,21H. The number of hydrogen-bond acceptors (Lipinski definition) is 3. The van der Waals surface area contributed by atoms with E-state index in [4.69, 9.17) is 6.42 Å². The zero-order valence-corrected chi connectivity index (χ0v) is 16.7. The summed E-state index contributed by atoms with van der Waals surface area (Å²) in [6, 6.07) is 14.8. The molecule has 2 amide bonds. The molecule has 3 aromatic rings. The van der Waals surface area contributed by atoms with Gasteiger partial charge >= 0.3 is 12.1 Å². The molecule has 3 rings (SSSR count). The molecule has 0 fully saturated rings. The molecule has 0 bridgehead atoms. The molecule has 8 heteroatoms. The fourth-order valence-electron chi connectivity index (χ4n) is 2.84. The number of rotatable bonds is 5. The summed E-state index contributed by atoms with van der Waals surface area (Å²) in [4.78, 5) is 30.9. The minimum absolute atomic E-state index is 0.153. The van der Waals surface area contributed by atoms with Gasteiger partial charge in [0.25, 0.3) is 5.91 Å². The molecule has 0 aliphatic heterocycles. The largest absolute Gasteiger partial charge is 0.416 e. The monoisotopic (exact) mass is 440 g/mol. The molecular formula is C23H15F3N2O2S. The molecule has 4 nitrogen and oxygen atoms in total. The van der Waals surface area contributed by atoms with Gasteiger partial charge in [0.2, 0.25) is 0 Å². The normalized spacial score (nSPS) is 12.3. The van der Waals surface area contributed by atoms with Gasteiger partial charge in [-0.05, 0) is 41.1 Å². The van der Waals surface area contributed by atoms with E-state index in [9.17, 15) is 22.8 Å². The number of alkyl halides is 3. The number of carbonyl (C=O) groups excluding carboxylic acids is 2. The van der Waals surface area contributed by atoms with Gasteiger partial charge < -0.3 is 0 Å². The summed E-state index contributed by atoms with van der Waals surface area (Å²) in [5.74, 6) is 0.198. The summed E-state index contributed by atoms with van der Waals surface area (Å²) in [6.07, 6.45) is 1.98. The Balaban J connectivity index is 2.08. The van der Waals surface area contributed by atoms with Crippen molar-refractivity contribution in [3.63, 3.8) is 0 Å². The molecule has 1 heterocycles. The van der Waals surface area contributed by atoms with Crippen LogP contribution in [0.25, 0.3) is 0 Å². The van der Waals surface area contributed by atoms with E-state index in [1.54, 1.807) is 47.8 Å². The maximum absolute atomic E-state index is 13.2. The van der Waals surface area contributed by atoms with Crippen molar-refractivity contribution in [1.82, 2.24) is 0 Å². The van der Waals surface area contributed by atoms with Gasteiger partial charge in [-0.3, -0.25) is 14.5 Å². The van der Waals surface area contributed by atoms with Crippen LogP contribution in [0.1, 0.15) is 22.0 Å². The number of benzene rings is 2. The Morgan fingerprint density at radius 2 is 1.81 bits per heavy atom. The van der Waals surface area contributed by atoms with Crippen molar-refractivity contribution in [3.05, 3.63) is 88.1 Å². The zero-order chi connectivity index (χ0) is 22.4. The van der Waals surface area contributed by atoms with Crippen LogP contribution < -0.4 is 4.90 Å². The second-order valence-corrected chi connectivity index (χ2v) is 7.27. The third-order valence-corrected chi connectivity index (χ3v) is 5.16. The number of terminal acetylenes is 1. The topological polar surface area (TPSA) is 49.7 Å². The molecule has 0 saturated heterocycles. The van der Waals surface area contributed by atoms with Crippen molar-refractivity contribution in [2.24, 2.45) is 4.99 Å². The van der Waals surface area contributed by atoms with Crippen molar-refractivity contribution >= 4 is 35.1 Å². The average Bonchev–Trinajstić information content (AvgIpc) is 3.29. The summed E-state index contributed by atoms with van der Waals surface area (Å²) in [5, 5.41) is 1.68. The Hall–Kier alpha value is -3.70. The lowest BCUT2D eigenvalue weighted by atomic mass is 10.1. The van der Waals surface area contributed by atoms with Crippen molar-refractivity contribution < 1.29 is 22.8 Å². The van der Waals surface area contributed by atoms with Crippen LogP contribution in [-0.2, 0) is 15.8 Å². The average molecular weight is 440 g/mol. The molecule has 0 spiro atoms. The SMILES string of the molecule is C#CC(=O)N(c1cccc(C(F)(F)F)c1)C(C(=O)N=Cc1ccccc1)c1cccs1. The number of halogens is 3. The lowest BCUT2D eigenvalue weighted by Gasteiger charge is -2.28. The van der Waals surface area contributed by atoms with Gasteiger partial charge in [-0.1, -0.05) is 42.5 Å². The predicted molar refractivity (Wildman–Crippen MR) is 114 cm³/mol. The fraction of sp³-hybridized carbons (Fsp3) is 0.0870. The van der Waals surface area contributed by atoms with Crippen molar-refractivity contribution in [2.75, 3.05) is 4.90 Å². The van der Waals surface area contributed by atoms with Crippen LogP contribution in [0.2, 0.25) is 0 Å². The van der Waals surface area contributed by atoms with Gasteiger partial charge in [-0.15, -0.1) is 17.8 Å². The van der Waals surface area contributed by atoms with Crippen LogP contribution in [0.3, 0.4) is 0 Å². The van der Waals surface area contributed by atoms with E-state index in [2.05, 4.69) is 4.99 Å². The zero-order valence-electron chi connectivity index (χ0n) is 15.9. The Morgan fingerprint density at radius 3 is 2.42 bits per heavy atom. The molecular weight excluding hydrogens is 425 g/mol. The summed E-state index contributed by atoms with van der Waals surface area (Å²) in [7, 11) is 0. The number of thiophene rings is 1. The van der Waals surface area contributed by atoms with Gasteiger partial charge in [-0.2, -0.15) is 13.2 Å². The molecule has 0 saturated carbocycles. The highest BCUT2D eigenvalue weighted by molar-refractivity contribution is 7.10. The quantitative estimate of drug-likeness (QED) is 0.409. The third kappa shape index (κ3) is 5.27. The van der Waals surface area contributed by atoms with Gasteiger partial charge in [0.05, 0.1) is 5.56 Å². The first-order chi connectivity index (χ1) is 14.8. The number of hydrogen-bond donors (Lipinski definition) is 0. The van der Waals surface area contributed by atoms with Crippen LogP contribution in [0.15, 0.2) is 77.1 Å². The van der Waals surface area contributed by atoms with Gasteiger partial charge in [0.15, 0.2) is 6.04 Å². The summed E-state index contributed by atoms with van der Waals surface area (Å²) in [5.41, 5.74) is -0.473. The predicted octanol–water partition coefficient (Wildman–Crippen LogP) is 5.12. The van der Waals surface area contributed by atoms with E-state index in [-0.39, 0.29) is 5.69 Å². The van der Waals surface area contributed by atoms with Crippen LogP contribution >= 0.6 is 11.3 Å². The van der Waals surface area contributed by atoms with Crippen molar-refractivity contribution in [1.29, 1.82) is 0 Å². The maximum Gasteiger partial charge on any atom is 0.416 e. The summed E-state index contributed by atoms with van der Waals surface area (Å²) in [6.45, 7) is 0. The molecule has 0 radical (unpaired) electrons. The van der Waals surface area contributed by atoms with Crippen LogP contribution in [0.5, 0.6) is 0 Å². The Labute approximate surface area is 180 Å². The lowest BCUT2D eigenvalue weighted by Crippen LogP contribution is -2.37. The van der Waals surface area contributed by atoms with E-state index in [1.807, 2.05) is 5.92 Å². The van der Waals surface area contributed by atoms with E-state index in [1.165, 1.54) is 12.3 Å². The summed E-state index contributed by atoms with van der Waals surface area (Å²) >= 11 is 1.16. The molecule has 0 N–H and O–H groups in total. The number of anilines is 1.